The van der Waals surface area contributed by atoms with Gasteiger partial charge in [-0.3, -0.25) is 0 Å². The molecule has 3 rings (SSSR count). The molecule has 7 nitrogen and oxygen atoms in total. The predicted octanol–water partition coefficient (Wildman–Crippen LogP) is 4.62. The van der Waals surface area contributed by atoms with E-state index in [1.165, 1.54) is 5.56 Å². The predicted molar refractivity (Wildman–Crippen MR) is 117 cm³/mol. The summed E-state index contributed by atoms with van der Waals surface area (Å²) < 4.78 is 11.5. The van der Waals surface area contributed by atoms with E-state index >= 15 is 0 Å². The molecule has 0 N–H and O–H groups in total. The Bertz CT molecular complexity index is 861. The quantitative estimate of drug-likeness (QED) is 0.733. The maximum atomic E-state index is 12.3. The smallest absolute Gasteiger partial charge is 0.410 e. The molecule has 2 aromatic rings. The molecule has 1 aliphatic heterocycles. The summed E-state index contributed by atoms with van der Waals surface area (Å²) in [4.78, 5) is 25.0. The molecule has 1 saturated heterocycles. The summed E-state index contributed by atoms with van der Waals surface area (Å²) in [6.45, 7) is 14.6. The van der Waals surface area contributed by atoms with E-state index in [1.807, 2.05) is 32.9 Å². The summed E-state index contributed by atoms with van der Waals surface area (Å²) in [6.07, 6.45) is 3.00. The van der Waals surface area contributed by atoms with Gasteiger partial charge in [0, 0.05) is 38.6 Å². The van der Waals surface area contributed by atoms with E-state index < -0.39 is 5.60 Å². The van der Waals surface area contributed by atoms with Gasteiger partial charge in [0.2, 0.25) is 0 Å². The minimum absolute atomic E-state index is 0.0874. The lowest BCUT2D eigenvalue weighted by Gasteiger charge is -2.36. The van der Waals surface area contributed by atoms with Crippen LogP contribution in [0.3, 0.4) is 0 Å². The molecule has 0 bridgehead atoms. The van der Waals surface area contributed by atoms with Crippen LogP contribution in [0.4, 0.5) is 10.6 Å². The van der Waals surface area contributed by atoms with E-state index in [-0.39, 0.29) is 11.5 Å². The molecule has 162 valence electrons. The van der Waals surface area contributed by atoms with Gasteiger partial charge in [0.05, 0.1) is 0 Å². The van der Waals surface area contributed by atoms with Gasteiger partial charge in [-0.1, -0.05) is 32.9 Å². The molecule has 1 aromatic heterocycles. The van der Waals surface area contributed by atoms with Gasteiger partial charge < -0.3 is 19.3 Å². The Kier molecular flexibility index (Phi) is 6.19. The fraction of sp³-hybridized carbons (Fsp3) is 0.522. The Labute approximate surface area is 179 Å². The average molecular weight is 413 g/mol. The third-order valence-electron chi connectivity index (χ3n) is 4.81. The largest absolute Gasteiger partial charge is 0.444 e. The second kappa shape index (κ2) is 8.50. The van der Waals surface area contributed by atoms with E-state index in [0.717, 1.165) is 5.75 Å². The number of ether oxygens (including phenoxy) is 2. The van der Waals surface area contributed by atoms with Crippen molar-refractivity contribution in [2.75, 3.05) is 31.1 Å². The Morgan fingerprint density at radius 1 is 0.900 bits per heavy atom. The van der Waals surface area contributed by atoms with Gasteiger partial charge in [-0.05, 0) is 43.9 Å². The molecule has 1 aliphatic rings. The molecule has 0 aliphatic carbocycles. The highest BCUT2D eigenvalue weighted by Crippen LogP contribution is 2.30. The maximum absolute atomic E-state index is 12.3. The second-order valence-corrected chi connectivity index (χ2v) is 9.52. The van der Waals surface area contributed by atoms with Gasteiger partial charge in [0.1, 0.15) is 11.4 Å². The van der Waals surface area contributed by atoms with Crippen molar-refractivity contribution in [2.45, 2.75) is 52.6 Å². The monoisotopic (exact) mass is 412 g/mol. The summed E-state index contributed by atoms with van der Waals surface area (Å²) in [7, 11) is 0. The molecule has 7 heteroatoms. The van der Waals surface area contributed by atoms with Crippen molar-refractivity contribution in [3.63, 3.8) is 0 Å². The molecule has 2 heterocycles. The van der Waals surface area contributed by atoms with Crippen LogP contribution in [0.2, 0.25) is 0 Å². The Balaban J connectivity index is 1.67. The third kappa shape index (κ3) is 5.62. The first-order valence-corrected chi connectivity index (χ1v) is 10.4. The molecule has 0 radical (unpaired) electrons. The molecule has 1 aromatic carbocycles. The fourth-order valence-electron chi connectivity index (χ4n) is 3.17. The van der Waals surface area contributed by atoms with E-state index in [9.17, 15) is 4.79 Å². The number of benzene rings is 1. The van der Waals surface area contributed by atoms with E-state index in [4.69, 9.17) is 9.47 Å². The highest BCUT2D eigenvalue weighted by Gasteiger charge is 2.27. The van der Waals surface area contributed by atoms with E-state index in [0.29, 0.717) is 37.9 Å². The van der Waals surface area contributed by atoms with Crippen LogP contribution in [0.15, 0.2) is 36.7 Å². The first-order valence-electron chi connectivity index (χ1n) is 10.4. The van der Waals surface area contributed by atoms with E-state index in [2.05, 4.69) is 47.8 Å². The van der Waals surface area contributed by atoms with Crippen molar-refractivity contribution in [1.29, 1.82) is 0 Å². The van der Waals surface area contributed by atoms with Crippen molar-refractivity contribution in [1.82, 2.24) is 14.9 Å². The Hall–Kier alpha value is -2.83. The molecule has 0 saturated carbocycles. The van der Waals surface area contributed by atoms with Gasteiger partial charge in [0.15, 0.2) is 5.82 Å². The van der Waals surface area contributed by atoms with Crippen LogP contribution in [0.25, 0.3) is 0 Å². The lowest BCUT2D eigenvalue weighted by molar-refractivity contribution is 0.0240. The molecular formula is C23H32N4O3. The molecule has 0 unspecified atom stereocenters. The summed E-state index contributed by atoms with van der Waals surface area (Å²) >= 11 is 0. The molecule has 30 heavy (non-hydrogen) atoms. The summed E-state index contributed by atoms with van der Waals surface area (Å²) in [5, 5.41) is 0. The van der Waals surface area contributed by atoms with Crippen LogP contribution in [-0.4, -0.2) is 52.7 Å². The van der Waals surface area contributed by atoms with Crippen molar-refractivity contribution in [2.24, 2.45) is 0 Å². The number of hydrogen-bond acceptors (Lipinski definition) is 6. The topological polar surface area (TPSA) is 67.8 Å². The SMILES string of the molecule is CC(C)(C)OC(=O)N1CCN(c2nccnc2Oc2ccc(C(C)(C)C)cc2)CC1. The van der Waals surface area contributed by atoms with Crippen LogP contribution in [0, 0.1) is 0 Å². The van der Waals surface area contributed by atoms with Gasteiger partial charge >= 0.3 is 6.09 Å². The molecule has 1 fully saturated rings. The number of hydrogen-bond donors (Lipinski definition) is 0. The molecule has 0 spiro atoms. The first-order chi connectivity index (χ1) is 14.0. The summed E-state index contributed by atoms with van der Waals surface area (Å²) in [6, 6.07) is 8.06. The number of carbonyl (C=O) groups is 1. The maximum Gasteiger partial charge on any atom is 0.410 e. The fourth-order valence-corrected chi connectivity index (χ4v) is 3.17. The number of anilines is 1. The number of amides is 1. The normalized spacial score (nSPS) is 15.1. The minimum atomic E-state index is -0.497. The van der Waals surface area contributed by atoms with Crippen molar-refractivity contribution in [3.8, 4) is 11.6 Å². The van der Waals surface area contributed by atoms with Crippen LogP contribution < -0.4 is 9.64 Å². The Morgan fingerprint density at radius 3 is 2.07 bits per heavy atom. The van der Waals surface area contributed by atoms with Gasteiger partial charge in [-0.2, -0.15) is 0 Å². The average Bonchev–Trinajstić information content (AvgIpc) is 2.67. The van der Waals surface area contributed by atoms with Crippen molar-refractivity contribution in [3.05, 3.63) is 42.2 Å². The zero-order chi connectivity index (χ0) is 21.9. The Morgan fingerprint density at radius 2 is 1.50 bits per heavy atom. The molecular weight excluding hydrogens is 380 g/mol. The van der Waals surface area contributed by atoms with Crippen LogP contribution in [0.5, 0.6) is 11.6 Å². The van der Waals surface area contributed by atoms with Crippen LogP contribution >= 0.6 is 0 Å². The molecule has 0 atom stereocenters. The zero-order valence-electron chi connectivity index (χ0n) is 18.8. The number of carbonyl (C=O) groups excluding carboxylic acids is 1. The van der Waals surface area contributed by atoms with Gasteiger partial charge in [-0.25, -0.2) is 14.8 Å². The van der Waals surface area contributed by atoms with Crippen LogP contribution in [0.1, 0.15) is 47.1 Å². The number of nitrogens with zero attached hydrogens (tertiary/aromatic N) is 4. The first kappa shape index (κ1) is 21.9. The van der Waals surface area contributed by atoms with Crippen LogP contribution in [-0.2, 0) is 10.2 Å². The second-order valence-electron chi connectivity index (χ2n) is 9.52. The highest BCUT2D eigenvalue weighted by molar-refractivity contribution is 5.68. The zero-order valence-corrected chi connectivity index (χ0v) is 18.8. The summed E-state index contributed by atoms with van der Waals surface area (Å²) in [5.74, 6) is 1.87. The van der Waals surface area contributed by atoms with Crippen molar-refractivity contribution < 1.29 is 14.3 Å². The van der Waals surface area contributed by atoms with Gasteiger partial charge in [-0.15, -0.1) is 0 Å². The number of rotatable bonds is 3. The van der Waals surface area contributed by atoms with E-state index in [1.54, 1.807) is 17.3 Å². The molecule has 1 amide bonds. The standard InChI is InChI=1S/C23H32N4O3/c1-22(2,3)17-7-9-18(10-8-17)29-20-19(24-11-12-25-20)26-13-15-27(16-14-26)21(28)30-23(4,5)6/h7-12H,13-16H2,1-6H3. The highest BCUT2D eigenvalue weighted by atomic mass is 16.6. The lowest BCUT2D eigenvalue weighted by Crippen LogP contribution is -2.50. The minimum Gasteiger partial charge on any atom is -0.444 e. The lowest BCUT2D eigenvalue weighted by atomic mass is 9.87. The van der Waals surface area contributed by atoms with Crippen molar-refractivity contribution >= 4 is 11.9 Å². The number of piperazine rings is 1. The van der Waals surface area contributed by atoms with Gasteiger partial charge in [0.25, 0.3) is 5.88 Å². The summed E-state index contributed by atoms with van der Waals surface area (Å²) in [5.41, 5.74) is 0.833. The third-order valence-corrected chi connectivity index (χ3v) is 4.81. The number of aromatic nitrogens is 2.